The van der Waals surface area contributed by atoms with Crippen LogP contribution in [-0.2, 0) is 12.7 Å². The number of carbonyl (C=O) groups excluding carboxylic acids is 1. The van der Waals surface area contributed by atoms with Gasteiger partial charge in [-0.15, -0.1) is 0 Å². The average molecular weight is 374 g/mol. The van der Waals surface area contributed by atoms with Gasteiger partial charge in [-0.3, -0.25) is 0 Å². The van der Waals surface area contributed by atoms with Crippen molar-refractivity contribution in [2.45, 2.75) is 12.7 Å². The van der Waals surface area contributed by atoms with Gasteiger partial charge >= 0.3 is 12.2 Å². The lowest BCUT2D eigenvalue weighted by Crippen LogP contribution is -2.31. The Balaban J connectivity index is 1.66. The smallest absolute Gasteiger partial charge is 0.323 e. The minimum Gasteiger partial charge on any atom is -0.323 e. The highest BCUT2D eigenvalue weighted by molar-refractivity contribution is 5.89. The molecule has 0 aliphatic heterocycles. The van der Waals surface area contributed by atoms with Crippen LogP contribution in [0.2, 0.25) is 0 Å². The Bertz CT molecular complexity index is 905. The normalized spacial score (nSPS) is 11.3. The third-order valence-electron chi connectivity index (χ3n) is 3.96. The molecule has 0 saturated heterocycles. The summed E-state index contributed by atoms with van der Waals surface area (Å²) in [5.74, 6) is 0. The van der Waals surface area contributed by atoms with Crippen molar-refractivity contribution in [3.8, 4) is 5.69 Å². The molecule has 3 rings (SSSR count). The summed E-state index contributed by atoms with van der Waals surface area (Å²) in [5, 5.41) is 6.78. The molecule has 0 spiro atoms. The summed E-state index contributed by atoms with van der Waals surface area (Å²) in [4.78, 5) is 13.5. The van der Waals surface area contributed by atoms with E-state index in [1.54, 1.807) is 47.4 Å². The fourth-order valence-electron chi connectivity index (χ4n) is 2.60. The molecule has 0 radical (unpaired) electrons. The number of rotatable bonds is 4. The number of aromatic nitrogens is 2. The molecule has 1 N–H and O–H groups in total. The fourth-order valence-corrected chi connectivity index (χ4v) is 2.60. The molecule has 8 heteroatoms. The van der Waals surface area contributed by atoms with Gasteiger partial charge in [0.25, 0.3) is 0 Å². The van der Waals surface area contributed by atoms with E-state index in [0.29, 0.717) is 5.69 Å². The molecule has 0 aliphatic rings. The number of carbonyl (C=O) groups is 1. The first kappa shape index (κ1) is 18.5. The minimum absolute atomic E-state index is 0.0386. The van der Waals surface area contributed by atoms with Crippen molar-refractivity contribution in [2.24, 2.45) is 0 Å². The van der Waals surface area contributed by atoms with E-state index < -0.39 is 17.8 Å². The van der Waals surface area contributed by atoms with Gasteiger partial charge in [-0.05, 0) is 42.0 Å². The summed E-state index contributed by atoms with van der Waals surface area (Å²) in [6.07, 6.45) is -1.01. The van der Waals surface area contributed by atoms with Gasteiger partial charge in [-0.2, -0.15) is 18.3 Å². The number of benzene rings is 2. The van der Waals surface area contributed by atoms with Crippen LogP contribution in [0.25, 0.3) is 5.69 Å². The predicted molar refractivity (Wildman–Crippen MR) is 95.5 cm³/mol. The highest BCUT2D eigenvalue weighted by atomic mass is 19.4. The molecule has 0 unspecified atom stereocenters. The van der Waals surface area contributed by atoms with Crippen LogP contribution in [0, 0.1) is 0 Å². The Morgan fingerprint density at radius 1 is 1.11 bits per heavy atom. The second-order valence-electron chi connectivity index (χ2n) is 5.94. The second kappa shape index (κ2) is 7.53. The second-order valence-corrected chi connectivity index (χ2v) is 5.94. The maximum atomic E-state index is 13.1. The van der Waals surface area contributed by atoms with Gasteiger partial charge in [0.2, 0.25) is 0 Å². The summed E-state index contributed by atoms with van der Waals surface area (Å²) in [7, 11) is 1.45. The molecule has 0 aliphatic carbocycles. The number of amides is 2. The molecule has 140 valence electrons. The zero-order chi connectivity index (χ0) is 19.4. The minimum atomic E-state index is -4.46. The molecule has 2 amide bonds. The van der Waals surface area contributed by atoms with E-state index in [0.717, 1.165) is 11.8 Å². The lowest BCUT2D eigenvalue weighted by Gasteiger charge is -2.20. The van der Waals surface area contributed by atoms with Crippen molar-refractivity contribution in [1.29, 1.82) is 0 Å². The largest absolute Gasteiger partial charge is 0.416 e. The molecule has 0 fully saturated rings. The molecule has 1 aromatic heterocycles. The Morgan fingerprint density at radius 3 is 2.44 bits per heavy atom. The Kier molecular flexibility index (Phi) is 5.16. The van der Waals surface area contributed by atoms with E-state index in [1.165, 1.54) is 30.1 Å². The van der Waals surface area contributed by atoms with Crippen LogP contribution >= 0.6 is 0 Å². The number of hydrogen-bond donors (Lipinski definition) is 1. The van der Waals surface area contributed by atoms with Crippen LogP contribution in [0.4, 0.5) is 23.7 Å². The van der Waals surface area contributed by atoms with Crippen molar-refractivity contribution in [3.63, 3.8) is 0 Å². The van der Waals surface area contributed by atoms with E-state index in [1.807, 2.05) is 0 Å². The Morgan fingerprint density at radius 2 is 1.81 bits per heavy atom. The first-order valence-corrected chi connectivity index (χ1v) is 8.12. The maximum absolute atomic E-state index is 13.1. The molecule has 5 nitrogen and oxygen atoms in total. The zero-order valence-corrected chi connectivity index (χ0v) is 14.4. The number of alkyl halides is 3. The van der Waals surface area contributed by atoms with Crippen LogP contribution in [0.3, 0.4) is 0 Å². The number of hydrogen-bond acceptors (Lipinski definition) is 2. The first-order valence-electron chi connectivity index (χ1n) is 8.12. The SMILES string of the molecule is CN(Cc1ccccc1C(F)(F)F)C(=O)Nc1ccc(-n2cccn2)cc1. The van der Waals surface area contributed by atoms with E-state index in [9.17, 15) is 18.0 Å². The van der Waals surface area contributed by atoms with E-state index in [2.05, 4.69) is 10.4 Å². The number of anilines is 1. The third kappa shape index (κ3) is 4.46. The molecular formula is C19H17F3N4O. The lowest BCUT2D eigenvalue weighted by atomic mass is 10.1. The van der Waals surface area contributed by atoms with Crippen molar-refractivity contribution in [3.05, 3.63) is 78.1 Å². The molecule has 1 heterocycles. The molecule has 0 atom stereocenters. The number of halogens is 3. The van der Waals surface area contributed by atoms with Gasteiger partial charge in [0, 0.05) is 31.7 Å². The summed E-state index contributed by atoms with van der Waals surface area (Å²) in [6, 6.07) is 13.5. The van der Waals surface area contributed by atoms with Crippen LogP contribution in [0.5, 0.6) is 0 Å². The van der Waals surface area contributed by atoms with Crippen molar-refractivity contribution in [1.82, 2.24) is 14.7 Å². The average Bonchev–Trinajstić information content (AvgIpc) is 3.16. The predicted octanol–water partition coefficient (Wildman–Crippen LogP) is 4.56. The van der Waals surface area contributed by atoms with Crippen LogP contribution in [0.15, 0.2) is 67.0 Å². The number of urea groups is 1. The topological polar surface area (TPSA) is 50.2 Å². The van der Waals surface area contributed by atoms with E-state index in [-0.39, 0.29) is 12.1 Å². The summed E-state index contributed by atoms with van der Waals surface area (Å²) in [6.45, 7) is -0.160. The van der Waals surface area contributed by atoms with Crippen molar-refractivity contribution >= 4 is 11.7 Å². The van der Waals surface area contributed by atoms with Gasteiger partial charge < -0.3 is 10.2 Å². The quantitative estimate of drug-likeness (QED) is 0.728. The van der Waals surface area contributed by atoms with Gasteiger partial charge in [0.15, 0.2) is 0 Å². The van der Waals surface area contributed by atoms with Crippen molar-refractivity contribution < 1.29 is 18.0 Å². The fraction of sp³-hybridized carbons (Fsp3) is 0.158. The lowest BCUT2D eigenvalue weighted by molar-refractivity contribution is -0.138. The summed E-state index contributed by atoms with van der Waals surface area (Å²) < 4.78 is 40.9. The van der Waals surface area contributed by atoms with Crippen LogP contribution < -0.4 is 5.32 Å². The highest BCUT2D eigenvalue weighted by Gasteiger charge is 2.33. The summed E-state index contributed by atoms with van der Waals surface area (Å²) >= 11 is 0. The zero-order valence-electron chi connectivity index (χ0n) is 14.4. The maximum Gasteiger partial charge on any atom is 0.416 e. The molecule has 3 aromatic rings. The van der Waals surface area contributed by atoms with Gasteiger partial charge in [-0.1, -0.05) is 18.2 Å². The summed E-state index contributed by atoms with van der Waals surface area (Å²) in [5.41, 5.74) is 0.655. The molecular weight excluding hydrogens is 357 g/mol. The Labute approximate surface area is 154 Å². The monoisotopic (exact) mass is 374 g/mol. The van der Waals surface area contributed by atoms with Crippen LogP contribution in [0.1, 0.15) is 11.1 Å². The standard InChI is InChI=1S/C19H17F3N4O/c1-25(13-14-5-2-3-6-17(14)19(20,21)22)18(27)24-15-7-9-16(10-8-15)26-12-4-11-23-26/h2-12H,13H2,1H3,(H,24,27). The molecule has 0 saturated carbocycles. The van der Waals surface area contributed by atoms with Gasteiger partial charge in [0.1, 0.15) is 0 Å². The molecule has 2 aromatic carbocycles. The van der Waals surface area contributed by atoms with Gasteiger partial charge in [-0.25, -0.2) is 9.48 Å². The van der Waals surface area contributed by atoms with Crippen LogP contribution in [-0.4, -0.2) is 27.8 Å². The van der Waals surface area contributed by atoms with Crippen molar-refractivity contribution in [2.75, 3.05) is 12.4 Å². The first-order chi connectivity index (χ1) is 12.8. The Hall–Kier alpha value is -3.29. The van der Waals surface area contributed by atoms with Gasteiger partial charge in [0.05, 0.1) is 11.3 Å². The molecule has 0 bridgehead atoms. The van der Waals surface area contributed by atoms with E-state index >= 15 is 0 Å². The highest BCUT2D eigenvalue weighted by Crippen LogP contribution is 2.32. The molecule has 27 heavy (non-hydrogen) atoms. The number of nitrogens with one attached hydrogen (secondary N) is 1. The van der Waals surface area contributed by atoms with E-state index in [4.69, 9.17) is 0 Å². The number of nitrogens with zero attached hydrogens (tertiary/aromatic N) is 3. The third-order valence-corrected chi connectivity index (χ3v) is 3.96.